The summed E-state index contributed by atoms with van der Waals surface area (Å²) < 4.78 is 13.0. The van der Waals surface area contributed by atoms with E-state index in [1.165, 1.54) is 0 Å². The van der Waals surface area contributed by atoms with Crippen molar-refractivity contribution in [3.8, 4) is 23.2 Å². The normalized spacial score (nSPS) is 10.6. The Bertz CT molecular complexity index is 1210. The third-order valence-corrected chi connectivity index (χ3v) is 4.92. The first kappa shape index (κ1) is 22.0. The fraction of sp³-hybridized carbons (Fsp3) is 0.200. The van der Waals surface area contributed by atoms with Gasteiger partial charge in [0.2, 0.25) is 5.88 Å². The van der Waals surface area contributed by atoms with Gasteiger partial charge in [0, 0.05) is 25.0 Å². The lowest BCUT2D eigenvalue weighted by Crippen LogP contribution is -2.23. The molecule has 0 saturated heterocycles. The zero-order valence-corrected chi connectivity index (χ0v) is 18.6. The molecule has 0 aliphatic carbocycles. The topological polar surface area (TPSA) is 91.2 Å². The lowest BCUT2D eigenvalue weighted by molar-refractivity contribution is 0.0950. The van der Waals surface area contributed by atoms with Crippen LogP contribution in [0.3, 0.4) is 0 Å². The maximum atomic E-state index is 12.9. The number of pyridine rings is 2. The molecule has 4 rings (SSSR count). The van der Waals surface area contributed by atoms with E-state index in [1.54, 1.807) is 29.3 Å². The van der Waals surface area contributed by atoms with Gasteiger partial charge >= 0.3 is 0 Å². The summed E-state index contributed by atoms with van der Waals surface area (Å²) in [6.45, 7) is 4.87. The van der Waals surface area contributed by atoms with Crippen molar-refractivity contribution < 1.29 is 14.3 Å². The summed E-state index contributed by atoms with van der Waals surface area (Å²) >= 11 is 0. The molecule has 0 unspecified atom stereocenters. The van der Waals surface area contributed by atoms with E-state index in [2.05, 4.69) is 20.4 Å². The van der Waals surface area contributed by atoms with Crippen molar-refractivity contribution in [2.45, 2.75) is 26.8 Å². The van der Waals surface area contributed by atoms with E-state index in [0.29, 0.717) is 42.6 Å². The standard InChI is InChI=1S/C25H25N5O3/c1-3-22-21(17-29-30(22)23-7-5-6-13-26-23)25(31)28-16-18-12-14-27-24(15-18)33-20-10-8-19(9-11-20)32-4-2/h5-15,17H,3-4,16H2,1-2H3,(H,28,31). The Kier molecular flexibility index (Phi) is 6.94. The zero-order chi connectivity index (χ0) is 23.0. The third-order valence-electron chi connectivity index (χ3n) is 4.92. The second-order valence-corrected chi connectivity index (χ2v) is 7.15. The summed E-state index contributed by atoms with van der Waals surface area (Å²) in [5.74, 6) is 2.37. The van der Waals surface area contributed by atoms with Crippen molar-refractivity contribution in [2.24, 2.45) is 0 Å². The first-order valence-corrected chi connectivity index (χ1v) is 10.8. The smallest absolute Gasteiger partial charge is 0.255 e. The predicted octanol–water partition coefficient (Wildman–Crippen LogP) is 4.35. The predicted molar refractivity (Wildman–Crippen MR) is 124 cm³/mol. The minimum atomic E-state index is -0.195. The molecule has 0 spiro atoms. The van der Waals surface area contributed by atoms with Gasteiger partial charge in [-0.15, -0.1) is 0 Å². The van der Waals surface area contributed by atoms with Gasteiger partial charge in [0.15, 0.2) is 5.82 Å². The molecule has 0 saturated carbocycles. The zero-order valence-electron chi connectivity index (χ0n) is 18.6. The van der Waals surface area contributed by atoms with E-state index < -0.39 is 0 Å². The molecule has 0 aliphatic heterocycles. The summed E-state index contributed by atoms with van der Waals surface area (Å²) in [6, 6.07) is 16.6. The van der Waals surface area contributed by atoms with Crippen LogP contribution in [0.2, 0.25) is 0 Å². The van der Waals surface area contributed by atoms with Gasteiger partial charge in [-0.1, -0.05) is 13.0 Å². The number of carbonyl (C=O) groups excluding carboxylic acids is 1. The number of rotatable bonds is 9. The molecule has 0 atom stereocenters. The first-order chi connectivity index (χ1) is 16.2. The Hall–Kier alpha value is -4.20. The minimum absolute atomic E-state index is 0.195. The molecule has 4 aromatic rings. The van der Waals surface area contributed by atoms with Crippen molar-refractivity contribution >= 4 is 5.91 Å². The van der Waals surface area contributed by atoms with Gasteiger partial charge in [0.25, 0.3) is 5.91 Å². The Labute approximate surface area is 192 Å². The highest BCUT2D eigenvalue weighted by Gasteiger charge is 2.17. The number of nitrogens with one attached hydrogen (secondary N) is 1. The molecule has 8 nitrogen and oxygen atoms in total. The number of hydrogen-bond donors (Lipinski definition) is 1. The fourth-order valence-corrected chi connectivity index (χ4v) is 3.37. The van der Waals surface area contributed by atoms with Gasteiger partial charge in [-0.25, -0.2) is 14.6 Å². The highest BCUT2D eigenvalue weighted by atomic mass is 16.5. The molecular formula is C25H25N5O3. The van der Waals surface area contributed by atoms with Crippen LogP contribution in [-0.2, 0) is 13.0 Å². The van der Waals surface area contributed by atoms with Crippen LogP contribution in [0.5, 0.6) is 17.4 Å². The molecule has 0 radical (unpaired) electrons. The van der Waals surface area contributed by atoms with Crippen LogP contribution in [0.25, 0.3) is 5.82 Å². The number of aromatic nitrogens is 4. The summed E-state index contributed by atoms with van der Waals surface area (Å²) in [5.41, 5.74) is 2.21. The molecule has 0 aliphatic rings. The van der Waals surface area contributed by atoms with Crippen LogP contribution in [-0.4, -0.2) is 32.3 Å². The second-order valence-electron chi connectivity index (χ2n) is 7.15. The van der Waals surface area contributed by atoms with E-state index in [1.807, 2.05) is 62.4 Å². The average molecular weight is 444 g/mol. The summed E-state index contributed by atoms with van der Waals surface area (Å²) in [5, 5.41) is 7.32. The first-order valence-electron chi connectivity index (χ1n) is 10.8. The van der Waals surface area contributed by atoms with Crippen LogP contribution in [0, 0.1) is 0 Å². The largest absolute Gasteiger partial charge is 0.494 e. The Balaban J connectivity index is 1.41. The quantitative estimate of drug-likeness (QED) is 0.414. The summed E-state index contributed by atoms with van der Waals surface area (Å²) in [4.78, 5) is 21.4. The Morgan fingerprint density at radius 1 is 1.00 bits per heavy atom. The summed E-state index contributed by atoms with van der Waals surface area (Å²) in [6.07, 6.45) is 5.58. The minimum Gasteiger partial charge on any atom is -0.494 e. The van der Waals surface area contributed by atoms with Crippen LogP contribution in [0.15, 0.2) is 73.2 Å². The molecule has 1 aromatic carbocycles. The molecule has 3 heterocycles. The van der Waals surface area contributed by atoms with Crippen molar-refractivity contribution in [1.82, 2.24) is 25.1 Å². The average Bonchev–Trinajstić information content (AvgIpc) is 3.29. The van der Waals surface area contributed by atoms with E-state index >= 15 is 0 Å². The van der Waals surface area contributed by atoms with Gasteiger partial charge < -0.3 is 14.8 Å². The lowest BCUT2D eigenvalue weighted by Gasteiger charge is -2.09. The number of amides is 1. The van der Waals surface area contributed by atoms with Crippen molar-refractivity contribution in [3.63, 3.8) is 0 Å². The SMILES string of the molecule is CCOc1ccc(Oc2cc(CNC(=O)c3cnn(-c4ccccn4)c3CC)ccn2)cc1. The molecule has 168 valence electrons. The van der Waals surface area contributed by atoms with E-state index in [9.17, 15) is 4.79 Å². The van der Waals surface area contributed by atoms with Crippen molar-refractivity contribution in [1.29, 1.82) is 0 Å². The summed E-state index contributed by atoms with van der Waals surface area (Å²) in [7, 11) is 0. The maximum Gasteiger partial charge on any atom is 0.255 e. The van der Waals surface area contributed by atoms with Gasteiger partial charge in [0.1, 0.15) is 11.5 Å². The third kappa shape index (κ3) is 5.35. The molecule has 33 heavy (non-hydrogen) atoms. The van der Waals surface area contributed by atoms with E-state index in [4.69, 9.17) is 9.47 Å². The van der Waals surface area contributed by atoms with Crippen LogP contribution in [0.1, 0.15) is 35.5 Å². The highest BCUT2D eigenvalue weighted by Crippen LogP contribution is 2.23. The van der Waals surface area contributed by atoms with Gasteiger partial charge in [0.05, 0.1) is 24.1 Å². The molecule has 0 fully saturated rings. The number of nitrogens with zero attached hydrogens (tertiary/aromatic N) is 4. The number of benzene rings is 1. The molecule has 1 N–H and O–H groups in total. The van der Waals surface area contributed by atoms with Crippen molar-refractivity contribution in [3.05, 3.63) is 90.0 Å². The number of carbonyl (C=O) groups is 1. The highest BCUT2D eigenvalue weighted by molar-refractivity contribution is 5.95. The Morgan fingerprint density at radius 2 is 1.82 bits per heavy atom. The maximum absolute atomic E-state index is 12.9. The van der Waals surface area contributed by atoms with Crippen LogP contribution in [0.4, 0.5) is 0 Å². The van der Waals surface area contributed by atoms with Crippen molar-refractivity contribution in [2.75, 3.05) is 6.61 Å². The van der Waals surface area contributed by atoms with Gasteiger partial charge in [-0.3, -0.25) is 4.79 Å². The van der Waals surface area contributed by atoms with Gasteiger partial charge in [-0.2, -0.15) is 5.10 Å². The lowest BCUT2D eigenvalue weighted by atomic mass is 10.2. The molecule has 1 amide bonds. The van der Waals surface area contributed by atoms with Crippen LogP contribution >= 0.6 is 0 Å². The molecule has 0 bridgehead atoms. The van der Waals surface area contributed by atoms with E-state index in [-0.39, 0.29) is 5.91 Å². The second kappa shape index (κ2) is 10.4. The van der Waals surface area contributed by atoms with E-state index in [0.717, 1.165) is 17.0 Å². The number of hydrogen-bond acceptors (Lipinski definition) is 6. The van der Waals surface area contributed by atoms with Crippen LogP contribution < -0.4 is 14.8 Å². The molecule has 8 heteroatoms. The Morgan fingerprint density at radius 3 is 2.55 bits per heavy atom. The molecular weight excluding hydrogens is 418 g/mol. The fourth-order valence-electron chi connectivity index (χ4n) is 3.37. The molecule has 3 aromatic heterocycles. The van der Waals surface area contributed by atoms with Gasteiger partial charge in [-0.05, 0) is 61.4 Å². The monoisotopic (exact) mass is 443 g/mol. The number of ether oxygens (including phenoxy) is 2.